The molecule has 182 valence electrons. The predicted octanol–water partition coefficient (Wildman–Crippen LogP) is 4.12. The fourth-order valence-corrected chi connectivity index (χ4v) is 4.87. The van der Waals surface area contributed by atoms with Gasteiger partial charge in [-0.15, -0.1) is 0 Å². The Hall–Kier alpha value is -3.57. The molecular weight excluding hydrogens is 514 g/mol. The molecule has 1 aromatic carbocycles. The molecule has 4 heterocycles. The molecular formula is C24H26BrN7O3. The number of halogens is 1. The fourth-order valence-electron chi connectivity index (χ4n) is 4.32. The number of hydrogen-bond donors (Lipinski definition) is 3. The second-order valence-electron chi connectivity index (χ2n) is 8.47. The highest BCUT2D eigenvalue weighted by Crippen LogP contribution is 2.38. The molecule has 1 fully saturated rings. The summed E-state index contributed by atoms with van der Waals surface area (Å²) in [7, 11) is 1.63. The number of nitrogens with zero attached hydrogens (tertiary/aromatic N) is 4. The Labute approximate surface area is 210 Å². The molecule has 0 aliphatic carbocycles. The summed E-state index contributed by atoms with van der Waals surface area (Å²) in [5.41, 5.74) is 9.47. The summed E-state index contributed by atoms with van der Waals surface area (Å²) >= 11 is 3.63. The summed E-state index contributed by atoms with van der Waals surface area (Å²) in [5.74, 6) is 1.14. The highest BCUT2D eigenvalue weighted by atomic mass is 79.9. The first-order valence-electron chi connectivity index (χ1n) is 11.3. The van der Waals surface area contributed by atoms with Crippen LogP contribution in [0.3, 0.4) is 0 Å². The zero-order valence-corrected chi connectivity index (χ0v) is 20.8. The molecule has 0 radical (unpaired) electrons. The Morgan fingerprint density at radius 1 is 1.29 bits per heavy atom. The van der Waals surface area contributed by atoms with Crippen LogP contribution >= 0.6 is 15.9 Å². The smallest absolute Gasteiger partial charge is 0.417 e. The van der Waals surface area contributed by atoms with Crippen molar-refractivity contribution < 1.29 is 14.3 Å². The van der Waals surface area contributed by atoms with Gasteiger partial charge in [0, 0.05) is 31.5 Å². The molecule has 10 nitrogen and oxygen atoms in total. The number of amides is 1. The SMILES string of the molecule is COc1ccc(Cn2cc(OC(=O)Nc3c[nH]c4ncc(Br)c(N5CCC[C@@H](N)C5)c34)cn2)cc1. The van der Waals surface area contributed by atoms with Crippen molar-refractivity contribution >= 4 is 44.4 Å². The lowest BCUT2D eigenvalue weighted by atomic mass is 10.1. The van der Waals surface area contributed by atoms with E-state index < -0.39 is 6.09 Å². The molecule has 1 amide bonds. The van der Waals surface area contributed by atoms with Crippen LogP contribution < -0.4 is 25.4 Å². The van der Waals surface area contributed by atoms with Gasteiger partial charge in [0.25, 0.3) is 0 Å². The van der Waals surface area contributed by atoms with E-state index in [1.165, 1.54) is 6.20 Å². The molecule has 1 aliphatic heterocycles. The van der Waals surface area contributed by atoms with Gasteiger partial charge in [0.15, 0.2) is 5.75 Å². The number of pyridine rings is 1. The van der Waals surface area contributed by atoms with E-state index in [0.29, 0.717) is 23.6 Å². The van der Waals surface area contributed by atoms with Gasteiger partial charge in [-0.05, 0) is 46.5 Å². The summed E-state index contributed by atoms with van der Waals surface area (Å²) in [6.45, 7) is 2.16. The number of aromatic nitrogens is 4. The maximum atomic E-state index is 12.7. The maximum Gasteiger partial charge on any atom is 0.417 e. The largest absolute Gasteiger partial charge is 0.497 e. The molecule has 0 bridgehead atoms. The van der Waals surface area contributed by atoms with E-state index in [0.717, 1.165) is 52.8 Å². The van der Waals surface area contributed by atoms with Gasteiger partial charge in [-0.2, -0.15) is 5.10 Å². The van der Waals surface area contributed by atoms with Crippen LogP contribution in [0.4, 0.5) is 16.2 Å². The molecule has 0 unspecified atom stereocenters. The number of aromatic amines is 1. The normalized spacial score (nSPS) is 15.9. The van der Waals surface area contributed by atoms with Crippen molar-refractivity contribution in [2.45, 2.75) is 25.4 Å². The number of hydrogen-bond acceptors (Lipinski definition) is 7. The number of piperidine rings is 1. The van der Waals surface area contributed by atoms with Crippen LogP contribution in [-0.4, -0.2) is 52.1 Å². The van der Waals surface area contributed by atoms with Crippen LogP contribution in [0, 0.1) is 0 Å². The zero-order valence-electron chi connectivity index (χ0n) is 19.2. The first-order valence-corrected chi connectivity index (χ1v) is 12.1. The molecule has 35 heavy (non-hydrogen) atoms. The number of carbonyl (C=O) groups is 1. The minimum Gasteiger partial charge on any atom is -0.497 e. The second-order valence-corrected chi connectivity index (χ2v) is 9.32. The third-order valence-corrected chi connectivity index (χ3v) is 6.54. The quantitative estimate of drug-likeness (QED) is 0.336. The summed E-state index contributed by atoms with van der Waals surface area (Å²) < 4.78 is 13.2. The summed E-state index contributed by atoms with van der Waals surface area (Å²) in [5, 5.41) is 7.93. The van der Waals surface area contributed by atoms with Crippen molar-refractivity contribution in [1.82, 2.24) is 19.7 Å². The molecule has 5 rings (SSSR count). The van der Waals surface area contributed by atoms with Gasteiger partial charge in [-0.1, -0.05) is 12.1 Å². The number of rotatable bonds is 6. The monoisotopic (exact) mass is 539 g/mol. The Morgan fingerprint density at radius 2 is 2.11 bits per heavy atom. The Balaban J connectivity index is 1.30. The summed E-state index contributed by atoms with van der Waals surface area (Å²) in [6, 6.07) is 7.81. The van der Waals surface area contributed by atoms with Crippen molar-refractivity contribution in [2.24, 2.45) is 5.73 Å². The Bertz CT molecular complexity index is 1330. The van der Waals surface area contributed by atoms with Crippen LogP contribution in [0.2, 0.25) is 0 Å². The number of fused-ring (bicyclic) bond motifs is 1. The zero-order chi connectivity index (χ0) is 24.4. The van der Waals surface area contributed by atoms with Crippen molar-refractivity contribution in [2.75, 3.05) is 30.4 Å². The number of anilines is 2. The minimum absolute atomic E-state index is 0.105. The number of ether oxygens (including phenoxy) is 2. The van der Waals surface area contributed by atoms with Crippen molar-refractivity contribution in [3.8, 4) is 11.5 Å². The summed E-state index contributed by atoms with van der Waals surface area (Å²) in [4.78, 5) is 22.5. The molecule has 4 aromatic rings. The number of H-pyrrole nitrogens is 1. The first kappa shape index (κ1) is 23.2. The van der Waals surface area contributed by atoms with Crippen molar-refractivity contribution in [3.05, 3.63) is 59.1 Å². The fraction of sp³-hybridized carbons (Fsp3) is 0.292. The van der Waals surface area contributed by atoms with Crippen molar-refractivity contribution in [1.29, 1.82) is 0 Å². The topological polar surface area (TPSA) is 123 Å². The van der Waals surface area contributed by atoms with E-state index in [2.05, 4.69) is 41.2 Å². The lowest BCUT2D eigenvalue weighted by Gasteiger charge is -2.33. The second kappa shape index (κ2) is 9.96. The van der Waals surface area contributed by atoms with Crippen LogP contribution in [0.25, 0.3) is 11.0 Å². The lowest BCUT2D eigenvalue weighted by Crippen LogP contribution is -2.43. The number of nitrogens with one attached hydrogen (secondary N) is 2. The maximum absolute atomic E-state index is 12.7. The number of methoxy groups -OCH3 is 1. The molecule has 1 saturated heterocycles. The van der Waals surface area contributed by atoms with E-state index in [4.69, 9.17) is 15.2 Å². The number of nitrogens with two attached hydrogens (primary N) is 1. The van der Waals surface area contributed by atoms with Gasteiger partial charge in [-0.3, -0.25) is 10.00 Å². The van der Waals surface area contributed by atoms with Crippen LogP contribution in [-0.2, 0) is 6.54 Å². The van der Waals surface area contributed by atoms with E-state index in [-0.39, 0.29) is 6.04 Å². The highest BCUT2D eigenvalue weighted by molar-refractivity contribution is 9.10. The molecule has 3 aromatic heterocycles. The van der Waals surface area contributed by atoms with Gasteiger partial charge in [0.2, 0.25) is 0 Å². The highest BCUT2D eigenvalue weighted by Gasteiger charge is 2.24. The van der Waals surface area contributed by atoms with Gasteiger partial charge >= 0.3 is 6.09 Å². The van der Waals surface area contributed by atoms with Crippen molar-refractivity contribution in [3.63, 3.8) is 0 Å². The lowest BCUT2D eigenvalue weighted by molar-refractivity contribution is 0.215. The van der Waals surface area contributed by atoms with Crippen LogP contribution in [0.15, 0.2) is 53.5 Å². The third-order valence-electron chi connectivity index (χ3n) is 5.96. The van der Waals surface area contributed by atoms with E-state index >= 15 is 0 Å². The number of carbonyl (C=O) groups excluding carboxylic acids is 1. The Morgan fingerprint density at radius 3 is 2.89 bits per heavy atom. The molecule has 11 heteroatoms. The average molecular weight is 540 g/mol. The molecule has 0 spiro atoms. The molecule has 1 aliphatic rings. The molecule has 4 N–H and O–H groups in total. The van der Waals surface area contributed by atoms with E-state index in [9.17, 15) is 4.79 Å². The predicted molar refractivity (Wildman–Crippen MR) is 137 cm³/mol. The van der Waals surface area contributed by atoms with Gasteiger partial charge < -0.3 is 25.1 Å². The van der Waals surface area contributed by atoms with E-state index in [1.54, 1.807) is 30.4 Å². The van der Waals surface area contributed by atoms with Gasteiger partial charge in [0.1, 0.15) is 11.4 Å². The number of benzene rings is 1. The first-order chi connectivity index (χ1) is 17.0. The molecule has 1 atom stereocenters. The molecule has 0 saturated carbocycles. The average Bonchev–Trinajstić information content (AvgIpc) is 3.46. The summed E-state index contributed by atoms with van der Waals surface area (Å²) in [6.07, 6.45) is 8.05. The third kappa shape index (κ3) is 5.10. The van der Waals surface area contributed by atoms with Gasteiger partial charge in [0.05, 0.1) is 47.3 Å². The minimum atomic E-state index is -0.615. The van der Waals surface area contributed by atoms with Crippen LogP contribution in [0.5, 0.6) is 11.5 Å². The van der Waals surface area contributed by atoms with Crippen LogP contribution in [0.1, 0.15) is 18.4 Å². The van der Waals surface area contributed by atoms with E-state index in [1.807, 2.05) is 24.3 Å². The standard InChI is InChI=1S/C24H26BrN7O3/c1-34-17-6-4-15(5-7-17)12-32-14-18(9-29-32)35-24(33)30-20-11-28-23-21(20)22(19(25)10-27-23)31-8-2-3-16(26)13-31/h4-7,9-11,14,16H,2-3,8,12-13,26H2,1H3,(H,27,28)(H,30,33)/t16-/m1/s1. The Kier molecular flexibility index (Phi) is 6.60. The van der Waals surface area contributed by atoms with Gasteiger partial charge in [-0.25, -0.2) is 9.78 Å².